The maximum Gasteiger partial charge on any atom is 0.175 e. The maximum absolute atomic E-state index is 5.57. The highest BCUT2D eigenvalue weighted by Gasteiger charge is 2.17. The summed E-state index contributed by atoms with van der Waals surface area (Å²) >= 11 is 3.46. The predicted molar refractivity (Wildman–Crippen MR) is 70.6 cm³/mol. The molecule has 1 aliphatic heterocycles. The lowest BCUT2D eigenvalue weighted by Crippen LogP contribution is -2.15. The second kappa shape index (κ2) is 4.45. The van der Waals surface area contributed by atoms with Crippen molar-refractivity contribution in [2.75, 3.05) is 18.9 Å². The molecule has 1 aromatic carbocycles. The second-order valence-electron chi connectivity index (χ2n) is 3.82. The van der Waals surface area contributed by atoms with Gasteiger partial charge >= 0.3 is 0 Å². The van der Waals surface area contributed by atoms with Gasteiger partial charge in [-0.2, -0.15) is 0 Å². The number of rotatable bonds is 1. The minimum Gasteiger partial charge on any atom is -0.486 e. The summed E-state index contributed by atoms with van der Waals surface area (Å²) in [6.07, 6.45) is 3.15. The SMILES string of the molecule is Nc1cnc(-c2cc(Br)c3c(c2)OCCO3)nc1. The van der Waals surface area contributed by atoms with Crippen LogP contribution in [0, 0.1) is 0 Å². The Morgan fingerprint density at radius 3 is 2.61 bits per heavy atom. The second-order valence-corrected chi connectivity index (χ2v) is 4.68. The van der Waals surface area contributed by atoms with E-state index in [9.17, 15) is 0 Å². The van der Waals surface area contributed by atoms with Crippen molar-refractivity contribution in [1.29, 1.82) is 0 Å². The molecule has 2 aromatic rings. The number of fused-ring (bicyclic) bond motifs is 1. The van der Waals surface area contributed by atoms with E-state index < -0.39 is 0 Å². The molecule has 0 saturated carbocycles. The molecule has 3 rings (SSSR count). The van der Waals surface area contributed by atoms with Gasteiger partial charge in [-0.3, -0.25) is 0 Å². The van der Waals surface area contributed by atoms with Crippen LogP contribution in [0.3, 0.4) is 0 Å². The average Bonchev–Trinajstić information content (AvgIpc) is 2.39. The summed E-state index contributed by atoms with van der Waals surface area (Å²) in [5, 5.41) is 0. The van der Waals surface area contributed by atoms with E-state index in [4.69, 9.17) is 15.2 Å². The van der Waals surface area contributed by atoms with Crippen LogP contribution in [0.1, 0.15) is 0 Å². The van der Waals surface area contributed by atoms with Gasteiger partial charge in [-0.1, -0.05) is 0 Å². The Balaban J connectivity index is 2.08. The van der Waals surface area contributed by atoms with E-state index in [1.54, 1.807) is 12.4 Å². The number of anilines is 1. The molecule has 2 N–H and O–H groups in total. The summed E-state index contributed by atoms with van der Waals surface area (Å²) < 4.78 is 11.9. The fourth-order valence-corrected chi connectivity index (χ4v) is 2.28. The van der Waals surface area contributed by atoms with Crippen LogP contribution in [-0.4, -0.2) is 23.2 Å². The van der Waals surface area contributed by atoms with Crippen LogP contribution in [0.15, 0.2) is 29.0 Å². The third-order valence-electron chi connectivity index (χ3n) is 2.53. The van der Waals surface area contributed by atoms with E-state index in [2.05, 4.69) is 25.9 Å². The summed E-state index contributed by atoms with van der Waals surface area (Å²) in [7, 11) is 0. The third kappa shape index (κ3) is 1.99. The van der Waals surface area contributed by atoms with E-state index in [-0.39, 0.29) is 0 Å². The highest BCUT2D eigenvalue weighted by atomic mass is 79.9. The van der Waals surface area contributed by atoms with Crippen LogP contribution < -0.4 is 15.2 Å². The Bertz CT molecular complexity index is 587. The van der Waals surface area contributed by atoms with Gasteiger partial charge in [0, 0.05) is 5.56 Å². The predicted octanol–water partition coefficient (Wildman–Crippen LogP) is 2.26. The quantitative estimate of drug-likeness (QED) is 0.875. The molecular weight excluding hydrogens is 298 g/mol. The van der Waals surface area contributed by atoms with Gasteiger partial charge in [-0.15, -0.1) is 0 Å². The summed E-state index contributed by atoms with van der Waals surface area (Å²) in [4.78, 5) is 8.37. The van der Waals surface area contributed by atoms with E-state index in [0.717, 1.165) is 15.8 Å². The fourth-order valence-electron chi connectivity index (χ4n) is 1.73. The zero-order valence-corrected chi connectivity index (χ0v) is 11.0. The molecule has 0 radical (unpaired) electrons. The molecule has 92 valence electrons. The first-order valence-electron chi connectivity index (χ1n) is 5.41. The lowest BCUT2D eigenvalue weighted by Gasteiger charge is -2.20. The van der Waals surface area contributed by atoms with Gasteiger partial charge in [0.2, 0.25) is 0 Å². The molecule has 0 atom stereocenters. The first kappa shape index (κ1) is 11.3. The molecule has 2 heterocycles. The molecule has 0 aliphatic carbocycles. The largest absolute Gasteiger partial charge is 0.486 e. The Kier molecular flexibility index (Phi) is 2.79. The molecule has 5 nitrogen and oxygen atoms in total. The zero-order chi connectivity index (χ0) is 12.5. The fraction of sp³-hybridized carbons (Fsp3) is 0.167. The van der Waals surface area contributed by atoms with Crippen LogP contribution in [0.25, 0.3) is 11.4 Å². The molecule has 0 spiro atoms. The number of nitrogens with two attached hydrogens (primary N) is 1. The van der Waals surface area contributed by atoms with Gasteiger partial charge in [-0.25, -0.2) is 9.97 Å². The Labute approximate surface area is 112 Å². The van der Waals surface area contributed by atoms with E-state index >= 15 is 0 Å². The van der Waals surface area contributed by atoms with Crippen molar-refractivity contribution in [3.8, 4) is 22.9 Å². The van der Waals surface area contributed by atoms with Gasteiger partial charge in [0.1, 0.15) is 13.2 Å². The minimum absolute atomic E-state index is 0.537. The number of hydrogen-bond acceptors (Lipinski definition) is 5. The summed E-state index contributed by atoms with van der Waals surface area (Å²) in [5.41, 5.74) is 6.96. The first-order valence-corrected chi connectivity index (χ1v) is 6.20. The van der Waals surface area contributed by atoms with Crippen LogP contribution in [0.4, 0.5) is 5.69 Å². The van der Waals surface area contributed by atoms with Gasteiger partial charge in [-0.05, 0) is 28.1 Å². The van der Waals surface area contributed by atoms with Crippen molar-refractivity contribution >= 4 is 21.6 Å². The van der Waals surface area contributed by atoms with E-state index in [0.29, 0.717) is 30.5 Å². The van der Waals surface area contributed by atoms with Gasteiger partial charge in [0.25, 0.3) is 0 Å². The smallest absolute Gasteiger partial charge is 0.175 e. The molecule has 0 bridgehead atoms. The van der Waals surface area contributed by atoms with Crippen LogP contribution in [-0.2, 0) is 0 Å². The van der Waals surface area contributed by atoms with Crippen LogP contribution in [0.2, 0.25) is 0 Å². The summed E-state index contributed by atoms with van der Waals surface area (Å²) in [5.74, 6) is 2.02. The standard InChI is InChI=1S/C12H10BrN3O2/c13-9-3-7(12-15-5-8(14)6-16-12)4-10-11(9)18-2-1-17-10/h3-6H,1-2,14H2. The first-order chi connectivity index (χ1) is 8.74. The number of ether oxygens (including phenoxy) is 2. The van der Waals surface area contributed by atoms with Crippen molar-refractivity contribution in [2.45, 2.75) is 0 Å². The number of hydrogen-bond donors (Lipinski definition) is 1. The molecule has 0 unspecified atom stereocenters. The number of aromatic nitrogens is 2. The molecule has 1 aromatic heterocycles. The Hall–Kier alpha value is -1.82. The number of nitrogens with zero attached hydrogens (tertiary/aromatic N) is 2. The number of benzene rings is 1. The monoisotopic (exact) mass is 307 g/mol. The Morgan fingerprint density at radius 2 is 1.83 bits per heavy atom. The number of halogens is 1. The molecule has 0 amide bonds. The molecule has 0 saturated heterocycles. The lowest BCUT2D eigenvalue weighted by molar-refractivity contribution is 0.170. The Morgan fingerprint density at radius 1 is 1.11 bits per heavy atom. The highest BCUT2D eigenvalue weighted by molar-refractivity contribution is 9.10. The number of nitrogen functional groups attached to an aromatic ring is 1. The zero-order valence-electron chi connectivity index (χ0n) is 9.39. The maximum atomic E-state index is 5.57. The van der Waals surface area contributed by atoms with E-state index in [1.165, 1.54) is 0 Å². The highest BCUT2D eigenvalue weighted by Crippen LogP contribution is 2.40. The normalized spacial score (nSPS) is 13.4. The van der Waals surface area contributed by atoms with Crippen molar-refractivity contribution < 1.29 is 9.47 Å². The topological polar surface area (TPSA) is 70.3 Å². The van der Waals surface area contributed by atoms with Crippen molar-refractivity contribution in [2.24, 2.45) is 0 Å². The van der Waals surface area contributed by atoms with Crippen LogP contribution >= 0.6 is 15.9 Å². The molecule has 6 heteroatoms. The molecular formula is C12H10BrN3O2. The molecule has 1 aliphatic rings. The molecule has 0 fully saturated rings. The lowest BCUT2D eigenvalue weighted by atomic mass is 10.2. The van der Waals surface area contributed by atoms with Gasteiger partial charge in [0.15, 0.2) is 17.3 Å². The third-order valence-corrected chi connectivity index (χ3v) is 3.12. The minimum atomic E-state index is 0.537. The average molecular weight is 308 g/mol. The van der Waals surface area contributed by atoms with E-state index in [1.807, 2.05) is 12.1 Å². The summed E-state index contributed by atoms with van der Waals surface area (Å²) in [6, 6.07) is 3.77. The van der Waals surface area contributed by atoms with Crippen molar-refractivity contribution in [3.05, 3.63) is 29.0 Å². The van der Waals surface area contributed by atoms with Gasteiger partial charge in [0.05, 0.1) is 22.6 Å². The summed E-state index contributed by atoms with van der Waals surface area (Å²) in [6.45, 7) is 1.11. The van der Waals surface area contributed by atoms with Crippen molar-refractivity contribution in [1.82, 2.24) is 9.97 Å². The van der Waals surface area contributed by atoms with Crippen LogP contribution in [0.5, 0.6) is 11.5 Å². The van der Waals surface area contributed by atoms with Crippen molar-refractivity contribution in [3.63, 3.8) is 0 Å². The van der Waals surface area contributed by atoms with Gasteiger partial charge < -0.3 is 15.2 Å². The molecule has 18 heavy (non-hydrogen) atoms.